The molecule has 0 aliphatic rings. The van der Waals surface area contributed by atoms with Crippen molar-refractivity contribution in [3.05, 3.63) is 30.3 Å². The third kappa shape index (κ3) is 5.38. The normalized spacial score (nSPS) is 11.9. The quantitative estimate of drug-likeness (QED) is 0.737. The van der Waals surface area contributed by atoms with Gasteiger partial charge in [-0.2, -0.15) is 0 Å². The molecule has 0 saturated carbocycles. The van der Waals surface area contributed by atoms with Crippen molar-refractivity contribution in [1.29, 1.82) is 0 Å². The summed E-state index contributed by atoms with van der Waals surface area (Å²) >= 11 is 0. The fourth-order valence-corrected chi connectivity index (χ4v) is 1.76. The van der Waals surface area contributed by atoms with Crippen LogP contribution in [0.15, 0.2) is 30.3 Å². The molecular weight excluding hydrogens is 214 g/mol. The maximum absolute atomic E-state index is 11.5. The number of para-hydroxylation sites is 1. The Morgan fingerprint density at radius 1 is 1.29 bits per heavy atom. The predicted molar refractivity (Wildman–Crippen MR) is 70.0 cm³/mol. The van der Waals surface area contributed by atoms with Crippen LogP contribution in [-0.4, -0.2) is 18.6 Å². The lowest BCUT2D eigenvalue weighted by atomic mass is 10.1. The minimum Gasteiger partial charge on any atom is -0.466 e. The number of rotatable bonds is 7. The van der Waals surface area contributed by atoms with Crippen molar-refractivity contribution in [2.45, 2.75) is 39.2 Å². The zero-order valence-electron chi connectivity index (χ0n) is 10.6. The summed E-state index contributed by atoms with van der Waals surface area (Å²) in [6, 6.07) is 10.1. The second-order valence-corrected chi connectivity index (χ2v) is 4.01. The molecule has 0 saturated heterocycles. The van der Waals surface area contributed by atoms with Crippen LogP contribution in [-0.2, 0) is 9.53 Å². The Morgan fingerprint density at radius 3 is 2.59 bits per heavy atom. The molecule has 0 bridgehead atoms. The molecule has 3 heteroatoms. The van der Waals surface area contributed by atoms with Gasteiger partial charge in [-0.15, -0.1) is 0 Å². The van der Waals surface area contributed by atoms with Crippen molar-refractivity contribution < 1.29 is 9.53 Å². The fourth-order valence-electron chi connectivity index (χ4n) is 1.76. The molecule has 0 aliphatic heterocycles. The van der Waals surface area contributed by atoms with E-state index in [4.69, 9.17) is 4.74 Å². The van der Waals surface area contributed by atoms with Crippen LogP contribution in [0.1, 0.15) is 33.1 Å². The first kappa shape index (κ1) is 13.6. The van der Waals surface area contributed by atoms with E-state index in [0.29, 0.717) is 13.0 Å². The van der Waals surface area contributed by atoms with Crippen LogP contribution in [0.3, 0.4) is 0 Å². The molecule has 0 heterocycles. The first-order valence-corrected chi connectivity index (χ1v) is 6.23. The van der Waals surface area contributed by atoms with E-state index in [-0.39, 0.29) is 12.0 Å². The van der Waals surface area contributed by atoms with Crippen molar-refractivity contribution in [1.82, 2.24) is 0 Å². The summed E-state index contributed by atoms with van der Waals surface area (Å²) in [4.78, 5) is 11.5. The van der Waals surface area contributed by atoms with Gasteiger partial charge in [0.05, 0.1) is 13.0 Å². The monoisotopic (exact) mass is 235 g/mol. The van der Waals surface area contributed by atoms with E-state index >= 15 is 0 Å². The third-order valence-corrected chi connectivity index (χ3v) is 2.50. The number of hydrogen-bond acceptors (Lipinski definition) is 3. The van der Waals surface area contributed by atoms with E-state index in [1.165, 1.54) is 0 Å². The number of esters is 1. The number of carbonyl (C=O) groups excluding carboxylic acids is 1. The third-order valence-electron chi connectivity index (χ3n) is 2.50. The van der Waals surface area contributed by atoms with Crippen molar-refractivity contribution >= 4 is 11.7 Å². The Labute approximate surface area is 103 Å². The van der Waals surface area contributed by atoms with Gasteiger partial charge in [0.25, 0.3) is 0 Å². The highest BCUT2D eigenvalue weighted by molar-refractivity contribution is 5.70. The molecule has 17 heavy (non-hydrogen) atoms. The molecule has 0 aliphatic carbocycles. The van der Waals surface area contributed by atoms with Crippen LogP contribution in [0, 0.1) is 0 Å². The zero-order chi connectivity index (χ0) is 12.5. The average molecular weight is 235 g/mol. The molecule has 0 aromatic heterocycles. The topological polar surface area (TPSA) is 38.3 Å². The van der Waals surface area contributed by atoms with Gasteiger partial charge in [0.2, 0.25) is 0 Å². The molecule has 1 rings (SSSR count). The second-order valence-electron chi connectivity index (χ2n) is 4.01. The minimum absolute atomic E-state index is 0.130. The molecule has 0 amide bonds. The molecule has 1 aromatic carbocycles. The first-order valence-electron chi connectivity index (χ1n) is 6.23. The van der Waals surface area contributed by atoms with Crippen LogP contribution in [0.2, 0.25) is 0 Å². The maximum atomic E-state index is 11.5. The van der Waals surface area contributed by atoms with Crippen LogP contribution < -0.4 is 5.32 Å². The lowest BCUT2D eigenvalue weighted by Gasteiger charge is -2.18. The summed E-state index contributed by atoms with van der Waals surface area (Å²) in [5.74, 6) is -0.130. The van der Waals surface area contributed by atoms with E-state index in [1.807, 2.05) is 37.3 Å². The molecule has 0 fully saturated rings. The maximum Gasteiger partial charge on any atom is 0.307 e. The van der Waals surface area contributed by atoms with Crippen LogP contribution >= 0.6 is 0 Å². The Morgan fingerprint density at radius 2 is 2.00 bits per heavy atom. The molecule has 94 valence electrons. The standard InChI is InChI=1S/C14H21NO2/c1-3-8-13(11-14(16)17-4-2)15-12-9-6-5-7-10-12/h5-7,9-10,13,15H,3-4,8,11H2,1-2H3/t13-/m1/s1. The van der Waals surface area contributed by atoms with Gasteiger partial charge in [-0.25, -0.2) is 0 Å². The highest BCUT2D eigenvalue weighted by Crippen LogP contribution is 2.13. The number of anilines is 1. The number of hydrogen-bond donors (Lipinski definition) is 1. The summed E-state index contributed by atoms with van der Waals surface area (Å²) in [6.07, 6.45) is 2.44. The average Bonchev–Trinajstić information content (AvgIpc) is 2.31. The smallest absolute Gasteiger partial charge is 0.307 e. The summed E-state index contributed by atoms with van der Waals surface area (Å²) in [7, 11) is 0. The van der Waals surface area contributed by atoms with Crippen molar-refractivity contribution in [2.24, 2.45) is 0 Å². The predicted octanol–water partition coefficient (Wildman–Crippen LogP) is 3.22. The SMILES string of the molecule is CCC[C@H](CC(=O)OCC)Nc1ccccc1. The molecule has 1 atom stereocenters. The Hall–Kier alpha value is -1.51. The van der Waals surface area contributed by atoms with Gasteiger partial charge in [-0.1, -0.05) is 31.5 Å². The van der Waals surface area contributed by atoms with Crippen molar-refractivity contribution in [2.75, 3.05) is 11.9 Å². The highest BCUT2D eigenvalue weighted by atomic mass is 16.5. The lowest BCUT2D eigenvalue weighted by molar-refractivity contribution is -0.143. The zero-order valence-corrected chi connectivity index (χ0v) is 10.6. The molecule has 1 N–H and O–H groups in total. The molecule has 1 aromatic rings. The van der Waals surface area contributed by atoms with Gasteiger partial charge in [0.1, 0.15) is 0 Å². The lowest BCUT2D eigenvalue weighted by Crippen LogP contribution is -2.24. The van der Waals surface area contributed by atoms with E-state index in [1.54, 1.807) is 0 Å². The number of ether oxygens (including phenoxy) is 1. The van der Waals surface area contributed by atoms with Gasteiger partial charge >= 0.3 is 5.97 Å². The Balaban J connectivity index is 2.51. The molecule has 0 spiro atoms. The largest absolute Gasteiger partial charge is 0.466 e. The summed E-state index contributed by atoms with van der Waals surface area (Å²) in [6.45, 7) is 4.39. The Kier molecular flexibility index (Phi) is 6.15. The van der Waals surface area contributed by atoms with Gasteiger partial charge in [-0.05, 0) is 25.5 Å². The number of benzene rings is 1. The van der Waals surface area contributed by atoms with Crippen LogP contribution in [0.25, 0.3) is 0 Å². The van der Waals surface area contributed by atoms with E-state index in [2.05, 4.69) is 12.2 Å². The van der Waals surface area contributed by atoms with E-state index in [0.717, 1.165) is 18.5 Å². The van der Waals surface area contributed by atoms with E-state index < -0.39 is 0 Å². The molecule has 3 nitrogen and oxygen atoms in total. The van der Waals surface area contributed by atoms with Crippen LogP contribution in [0.5, 0.6) is 0 Å². The van der Waals surface area contributed by atoms with Gasteiger partial charge in [0.15, 0.2) is 0 Å². The minimum atomic E-state index is -0.130. The second kappa shape index (κ2) is 7.71. The molecule has 0 radical (unpaired) electrons. The van der Waals surface area contributed by atoms with Crippen LogP contribution in [0.4, 0.5) is 5.69 Å². The molecular formula is C14H21NO2. The molecule has 0 unspecified atom stereocenters. The number of carbonyl (C=O) groups is 1. The van der Waals surface area contributed by atoms with Gasteiger partial charge in [0, 0.05) is 11.7 Å². The highest BCUT2D eigenvalue weighted by Gasteiger charge is 2.13. The van der Waals surface area contributed by atoms with Crippen molar-refractivity contribution in [3.63, 3.8) is 0 Å². The van der Waals surface area contributed by atoms with E-state index in [9.17, 15) is 4.79 Å². The van der Waals surface area contributed by atoms with Crippen molar-refractivity contribution in [3.8, 4) is 0 Å². The van der Waals surface area contributed by atoms with Gasteiger partial charge < -0.3 is 10.1 Å². The number of nitrogens with one attached hydrogen (secondary N) is 1. The summed E-state index contributed by atoms with van der Waals surface area (Å²) < 4.78 is 4.98. The summed E-state index contributed by atoms with van der Waals surface area (Å²) in [5, 5.41) is 3.37. The fraction of sp³-hybridized carbons (Fsp3) is 0.500. The van der Waals surface area contributed by atoms with Gasteiger partial charge in [-0.3, -0.25) is 4.79 Å². The first-order chi connectivity index (χ1) is 8.26. The Bertz CT molecular complexity index is 324. The summed E-state index contributed by atoms with van der Waals surface area (Å²) in [5.41, 5.74) is 1.05.